The van der Waals surface area contributed by atoms with Gasteiger partial charge in [-0.1, -0.05) is 12.1 Å². The van der Waals surface area contributed by atoms with E-state index in [0.717, 1.165) is 61.2 Å². The summed E-state index contributed by atoms with van der Waals surface area (Å²) in [5, 5.41) is 14.3. The Bertz CT molecular complexity index is 3650. The van der Waals surface area contributed by atoms with Crippen molar-refractivity contribution in [3.8, 4) is 17.2 Å². The third-order valence-electron chi connectivity index (χ3n) is 17.1. The molecule has 2 saturated heterocycles. The molecule has 1 spiro atoms. The predicted octanol–water partition coefficient (Wildman–Crippen LogP) is 7.96. The molecule has 13 rings (SSSR count). The maximum atomic E-state index is 16.4. The zero-order chi connectivity index (χ0) is 49.7. The average Bonchev–Trinajstić information content (AvgIpc) is 3.91. The van der Waals surface area contributed by atoms with Gasteiger partial charge in [-0.15, -0.1) is 0 Å². The van der Waals surface area contributed by atoms with Gasteiger partial charge in [0.05, 0.1) is 56.8 Å². The second kappa shape index (κ2) is 15.8. The Labute approximate surface area is 412 Å². The molecule has 8 aromatic rings. The van der Waals surface area contributed by atoms with Crippen molar-refractivity contribution >= 4 is 22.3 Å². The lowest BCUT2D eigenvalue weighted by Crippen LogP contribution is -2.54. The van der Waals surface area contributed by atoms with E-state index in [1.165, 1.54) is 21.4 Å². The molecule has 4 fully saturated rings. The maximum Gasteiger partial charge on any atom is 0.438 e. The molecule has 1 amide bonds. The van der Waals surface area contributed by atoms with Gasteiger partial charge in [0.2, 0.25) is 0 Å². The molecular weight excluding hydrogens is 921 g/mol. The van der Waals surface area contributed by atoms with Gasteiger partial charge in [-0.2, -0.15) is 10.2 Å². The molecule has 5 aliphatic rings. The van der Waals surface area contributed by atoms with Crippen LogP contribution in [0.15, 0.2) is 87.4 Å². The van der Waals surface area contributed by atoms with E-state index in [1.54, 1.807) is 47.0 Å². The number of ether oxygens (including phenoxy) is 1. The summed E-state index contributed by atoms with van der Waals surface area (Å²) in [6.07, 6.45) is 12.1. The van der Waals surface area contributed by atoms with Crippen LogP contribution in [0, 0.1) is 17.6 Å². The monoisotopic (exact) mass is 977 g/mol. The number of rotatable bonds is 8. The Morgan fingerprint density at radius 1 is 0.903 bits per heavy atom. The van der Waals surface area contributed by atoms with Crippen molar-refractivity contribution in [1.29, 1.82) is 0 Å². The SMILES string of the molecule is C[C@H]1c2c(nn(-c3ccc(F)c(C4CC4)c3)c2-n2ccn(-c3ccc4c(cnn4C)c3F)c2=O)C2(CCN(C)CC2)CN1C(=O)c1cc2cc([C@H]3CCOC(C)(C)C3)ccn2c1[C@@]1(c2noc(=O)[nH]2)C[C@@H]1C. The number of benzene rings is 2. The summed E-state index contributed by atoms with van der Waals surface area (Å²) in [6.45, 7) is 10.8. The Morgan fingerprint density at radius 2 is 1.68 bits per heavy atom. The minimum Gasteiger partial charge on any atom is -0.376 e. The first-order valence-electron chi connectivity index (χ1n) is 25.3. The summed E-state index contributed by atoms with van der Waals surface area (Å²) >= 11 is 0. The number of aryl methyl sites for hydroxylation is 1. The smallest absolute Gasteiger partial charge is 0.376 e. The molecule has 4 atom stereocenters. The lowest BCUT2D eigenvalue weighted by atomic mass is 9.70. The Morgan fingerprint density at radius 3 is 2.40 bits per heavy atom. The average molecular weight is 978 g/mol. The molecule has 72 heavy (non-hydrogen) atoms. The van der Waals surface area contributed by atoms with Crippen LogP contribution in [0.3, 0.4) is 0 Å². The van der Waals surface area contributed by atoms with Gasteiger partial charge in [0.15, 0.2) is 11.6 Å². The van der Waals surface area contributed by atoms with Gasteiger partial charge in [-0.25, -0.2) is 23.1 Å². The fourth-order valence-electron chi connectivity index (χ4n) is 12.8. The van der Waals surface area contributed by atoms with Crippen molar-refractivity contribution in [2.24, 2.45) is 13.0 Å². The maximum absolute atomic E-state index is 16.4. The second-order valence-electron chi connectivity index (χ2n) is 22.1. The largest absolute Gasteiger partial charge is 0.438 e. The van der Waals surface area contributed by atoms with Crippen LogP contribution in [0.2, 0.25) is 0 Å². The standard InChI is InChI=1S/C54H57F2N11O5/c1-30-26-54(30,49-58-50(69)72-60-49)46-38(25-36-23-33(13-17-63(36)46)34-14-22-71-52(3,4)27-34)48(68)66-29-53(15-18-61(5)19-16-53)45-43(31(66)2)47(67(59-45)35-9-10-40(55)37(24-35)32-7-8-32)65-21-20-64(51(65)70)42-12-11-41-39(44(42)56)28-57-62(41)6/h9-13,17,20-21,23-25,28,30-32,34H,7-8,14-16,18-19,22,26-27,29H2,1-6H3,(H,58,60,69)/t30-,31-,34-,54+/m0/s1. The van der Waals surface area contributed by atoms with Crippen LogP contribution in [-0.2, 0) is 22.6 Å². The molecule has 372 valence electrons. The Hall–Kier alpha value is -6.92. The molecule has 0 bridgehead atoms. The first kappa shape index (κ1) is 45.0. The summed E-state index contributed by atoms with van der Waals surface area (Å²) in [7, 11) is 3.83. The molecule has 0 radical (unpaired) electrons. The summed E-state index contributed by atoms with van der Waals surface area (Å²) in [4.78, 5) is 51.1. The van der Waals surface area contributed by atoms with Gasteiger partial charge in [0.25, 0.3) is 5.91 Å². The van der Waals surface area contributed by atoms with Crippen molar-refractivity contribution in [3.05, 3.63) is 145 Å². The van der Waals surface area contributed by atoms with Gasteiger partial charge in [0, 0.05) is 61.0 Å². The number of amides is 1. The number of piperidine rings is 1. The highest BCUT2D eigenvalue weighted by atomic mass is 19.1. The number of nitrogens with one attached hydrogen (secondary N) is 1. The van der Waals surface area contributed by atoms with Crippen LogP contribution < -0.4 is 11.4 Å². The topological polar surface area (TPSA) is 159 Å². The molecule has 16 nitrogen and oxygen atoms in total. The summed E-state index contributed by atoms with van der Waals surface area (Å²) in [5.74, 6) is -0.641. The number of fused-ring (bicyclic) bond motifs is 4. The van der Waals surface area contributed by atoms with E-state index in [9.17, 15) is 4.79 Å². The van der Waals surface area contributed by atoms with Crippen molar-refractivity contribution < 1.29 is 22.8 Å². The predicted molar refractivity (Wildman–Crippen MR) is 264 cm³/mol. The third-order valence-corrected chi connectivity index (χ3v) is 17.1. The number of likely N-dealkylation sites (tertiary alicyclic amines) is 1. The van der Waals surface area contributed by atoms with E-state index in [4.69, 9.17) is 14.4 Å². The van der Waals surface area contributed by atoms with Crippen LogP contribution in [-0.4, -0.2) is 97.8 Å². The van der Waals surface area contributed by atoms with Crippen molar-refractivity contribution in [1.82, 2.24) is 53.0 Å². The van der Waals surface area contributed by atoms with Crippen LogP contribution >= 0.6 is 0 Å². The van der Waals surface area contributed by atoms with Gasteiger partial charge in [0.1, 0.15) is 11.6 Å². The van der Waals surface area contributed by atoms with E-state index in [1.807, 2.05) is 30.2 Å². The fraction of sp³-hybridized carbons (Fsp3) is 0.444. The molecular formula is C54H57F2N11O5. The number of pyridine rings is 1. The van der Waals surface area contributed by atoms with Crippen molar-refractivity contribution in [2.45, 2.75) is 107 Å². The number of halogens is 2. The molecule has 6 aromatic heterocycles. The molecule has 2 aromatic carbocycles. The quantitative estimate of drug-likeness (QED) is 0.160. The van der Waals surface area contributed by atoms with Crippen LogP contribution in [0.4, 0.5) is 8.78 Å². The highest BCUT2D eigenvalue weighted by Gasteiger charge is 2.60. The van der Waals surface area contributed by atoms with Crippen molar-refractivity contribution in [2.75, 3.05) is 33.3 Å². The highest BCUT2D eigenvalue weighted by molar-refractivity contribution is 5.99. The number of hydrogen-bond acceptors (Lipinski definition) is 9. The van der Waals surface area contributed by atoms with Gasteiger partial charge in [-0.3, -0.25) is 28.1 Å². The molecule has 2 aliphatic carbocycles. The molecule has 3 aliphatic heterocycles. The number of imidazole rings is 1. The van der Waals surface area contributed by atoms with Crippen LogP contribution in [0.5, 0.6) is 0 Å². The van der Waals surface area contributed by atoms with E-state index >= 15 is 18.4 Å². The number of hydrogen-bond donors (Lipinski definition) is 1. The van der Waals surface area contributed by atoms with Gasteiger partial charge < -0.3 is 18.9 Å². The van der Waals surface area contributed by atoms with Crippen LogP contribution in [0.25, 0.3) is 33.6 Å². The molecule has 1 N–H and O–H groups in total. The molecule has 2 saturated carbocycles. The zero-order valence-corrected chi connectivity index (χ0v) is 41.3. The number of H-pyrrole nitrogens is 1. The van der Waals surface area contributed by atoms with E-state index < -0.39 is 34.1 Å². The first-order valence-corrected chi connectivity index (χ1v) is 25.3. The lowest BCUT2D eigenvalue weighted by molar-refractivity contribution is -0.0593. The Kier molecular flexibility index (Phi) is 9.86. The molecule has 0 unspecified atom stereocenters. The van der Waals surface area contributed by atoms with E-state index in [-0.39, 0.29) is 46.2 Å². The van der Waals surface area contributed by atoms with Gasteiger partial charge in [-0.05, 0) is 163 Å². The second-order valence-corrected chi connectivity index (χ2v) is 22.1. The number of nitrogens with zero attached hydrogens (tertiary/aromatic N) is 10. The number of aromatic amines is 1. The zero-order valence-electron chi connectivity index (χ0n) is 41.3. The number of carbonyl (C=O) groups excluding carboxylic acids is 1. The minimum atomic E-state index is -0.830. The summed E-state index contributed by atoms with van der Waals surface area (Å²) in [5.41, 5.74) is 4.19. The lowest BCUT2D eigenvalue weighted by Gasteiger charge is -2.48. The normalized spacial score (nSPS) is 23.9. The summed E-state index contributed by atoms with van der Waals surface area (Å²) < 4.78 is 51.5. The van der Waals surface area contributed by atoms with Crippen LogP contribution in [0.1, 0.15) is 135 Å². The summed E-state index contributed by atoms with van der Waals surface area (Å²) in [6, 6.07) is 14.0. The van der Waals surface area contributed by atoms with Gasteiger partial charge >= 0.3 is 11.4 Å². The number of aromatic nitrogens is 9. The number of carbonyl (C=O) groups is 1. The van der Waals surface area contributed by atoms with E-state index in [0.29, 0.717) is 72.0 Å². The Balaban J connectivity index is 1.01. The molecule has 9 heterocycles. The fourth-order valence-corrected chi connectivity index (χ4v) is 12.8. The molecule has 18 heteroatoms. The third kappa shape index (κ3) is 6.73. The minimum absolute atomic E-state index is 0.00478. The first-order chi connectivity index (χ1) is 34.6. The van der Waals surface area contributed by atoms with E-state index in [2.05, 4.69) is 64.5 Å². The van der Waals surface area contributed by atoms with Crippen molar-refractivity contribution in [3.63, 3.8) is 0 Å². The highest BCUT2D eigenvalue weighted by Crippen LogP contribution is 2.59.